The molecule has 0 aromatic heterocycles. The molecule has 0 atom stereocenters. The Labute approximate surface area is 82.2 Å². The summed E-state index contributed by atoms with van der Waals surface area (Å²) < 4.78 is 22.3. The van der Waals surface area contributed by atoms with Gasteiger partial charge in [0.05, 0.1) is 19.8 Å². The fourth-order valence-electron chi connectivity index (χ4n) is 1.00. The minimum absolute atomic E-state index is 0.0783. The van der Waals surface area contributed by atoms with Crippen molar-refractivity contribution in [3.63, 3.8) is 0 Å². The second kappa shape index (κ2) is 4.13. The van der Waals surface area contributed by atoms with Crippen molar-refractivity contribution < 1.29 is 18.7 Å². The van der Waals surface area contributed by atoms with Gasteiger partial charge in [0, 0.05) is 0 Å². The topological polar surface area (TPSA) is 35.5 Å². The second-order valence-electron chi connectivity index (χ2n) is 2.57. The third kappa shape index (κ3) is 1.87. The normalized spacial score (nSPS) is 9.64. The Morgan fingerprint density at radius 3 is 2.57 bits per heavy atom. The summed E-state index contributed by atoms with van der Waals surface area (Å²) in [4.78, 5) is 11.1. The quantitative estimate of drug-likeness (QED) is 0.505. The van der Waals surface area contributed by atoms with Crippen LogP contribution in [0.3, 0.4) is 0 Å². The van der Waals surface area contributed by atoms with Gasteiger partial charge in [0.1, 0.15) is 7.85 Å². The van der Waals surface area contributed by atoms with Gasteiger partial charge in [-0.2, -0.15) is 0 Å². The highest BCUT2D eigenvalue weighted by Crippen LogP contribution is 2.16. The Morgan fingerprint density at radius 1 is 1.43 bits per heavy atom. The maximum Gasteiger partial charge on any atom is 0.337 e. The molecule has 0 spiro atoms. The summed E-state index contributed by atoms with van der Waals surface area (Å²) >= 11 is 0. The predicted octanol–water partition coefficient (Wildman–Crippen LogP) is 0.415. The van der Waals surface area contributed by atoms with Crippen LogP contribution in [-0.4, -0.2) is 28.0 Å². The molecular weight excluding hydrogens is 186 g/mol. The third-order valence-electron chi connectivity index (χ3n) is 1.71. The fraction of sp³-hybridized carbons (Fsp3) is 0.222. The van der Waals surface area contributed by atoms with Gasteiger partial charge in [-0.15, -0.1) is 0 Å². The standard InChI is InChI=1S/C9H8BFO3/c1-13-7-4-5(9(12)14-2)3-6(10)8(7)11/h3-4H,1-2H3. The van der Waals surface area contributed by atoms with Gasteiger partial charge in [-0.25, -0.2) is 9.18 Å². The number of hydrogen-bond acceptors (Lipinski definition) is 3. The molecule has 72 valence electrons. The van der Waals surface area contributed by atoms with Crippen molar-refractivity contribution in [3.8, 4) is 5.75 Å². The number of carbonyl (C=O) groups excluding carboxylic acids is 1. The van der Waals surface area contributed by atoms with E-state index >= 15 is 0 Å². The minimum atomic E-state index is -0.680. The zero-order chi connectivity index (χ0) is 10.7. The molecule has 0 fully saturated rings. The highest BCUT2D eigenvalue weighted by molar-refractivity contribution is 6.33. The number of rotatable bonds is 2. The Bertz CT molecular complexity index is 365. The van der Waals surface area contributed by atoms with E-state index in [4.69, 9.17) is 12.6 Å². The zero-order valence-electron chi connectivity index (χ0n) is 7.83. The molecule has 0 heterocycles. The van der Waals surface area contributed by atoms with Crippen LogP contribution in [0.15, 0.2) is 12.1 Å². The predicted molar refractivity (Wildman–Crippen MR) is 49.7 cm³/mol. The van der Waals surface area contributed by atoms with Crippen molar-refractivity contribution in [1.82, 2.24) is 0 Å². The fourth-order valence-corrected chi connectivity index (χ4v) is 1.00. The first-order valence-electron chi connectivity index (χ1n) is 3.81. The maximum absolute atomic E-state index is 13.1. The summed E-state index contributed by atoms with van der Waals surface area (Å²) in [5.74, 6) is -1.35. The van der Waals surface area contributed by atoms with Gasteiger partial charge >= 0.3 is 5.97 Å². The van der Waals surface area contributed by atoms with Crippen LogP contribution in [0.5, 0.6) is 5.75 Å². The molecule has 0 amide bonds. The van der Waals surface area contributed by atoms with Crippen LogP contribution in [-0.2, 0) is 4.74 Å². The van der Waals surface area contributed by atoms with E-state index in [1.54, 1.807) is 0 Å². The molecule has 14 heavy (non-hydrogen) atoms. The number of methoxy groups -OCH3 is 2. The number of halogens is 1. The lowest BCUT2D eigenvalue weighted by Gasteiger charge is -2.07. The van der Waals surface area contributed by atoms with E-state index < -0.39 is 11.8 Å². The van der Waals surface area contributed by atoms with E-state index in [-0.39, 0.29) is 16.8 Å². The van der Waals surface area contributed by atoms with Crippen molar-refractivity contribution in [2.45, 2.75) is 0 Å². The summed E-state index contributed by atoms with van der Waals surface area (Å²) in [5, 5.41) is 0. The highest BCUT2D eigenvalue weighted by atomic mass is 19.1. The van der Waals surface area contributed by atoms with E-state index in [1.807, 2.05) is 0 Å². The smallest absolute Gasteiger partial charge is 0.337 e. The van der Waals surface area contributed by atoms with Crippen LogP contribution < -0.4 is 10.2 Å². The molecule has 1 aromatic rings. The van der Waals surface area contributed by atoms with Gasteiger partial charge in [-0.05, 0) is 6.07 Å². The second-order valence-corrected chi connectivity index (χ2v) is 2.57. The van der Waals surface area contributed by atoms with Crippen molar-refractivity contribution in [3.05, 3.63) is 23.5 Å². The summed E-state index contributed by atoms with van der Waals surface area (Å²) in [6, 6.07) is 2.43. The van der Waals surface area contributed by atoms with E-state index in [1.165, 1.54) is 26.4 Å². The lowest BCUT2D eigenvalue weighted by molar-refractivity contribution is 0.0600. The number of esters is 1. The van der Waals surface area contributed by atoms with Crippen LogP contribution >= 0.6 is 0 Å². The first-order chi connectivity index (χ1) is 6.60. The lowest BCUT2D eigenvalue weighted by Crippen LogP contribution is -2.14. The Morgan fingerprint density at radius 2 is 2.07 bits per heavy atom. The number of hydrogen-bond donors (Lipinski definition) is 0. The molecule has 3 nitrogen and oxygen atoms in total. The molecule has 0 aliphatic carbocycles. The average Bonchev–Trinajstić information content (AvgIpc) is 2.20. The van der Waals surface area contributed by atoms with Gasteiger partial charge in [-0.3, -0.25) is 0 Å². The Kier molecular flexibility index (Phi) is 3.12. The molecule has 5 heteroatoms. The number of carbonyl (C=O) groups is 1. The van der Waals surface area contributed by atoms with E-state index in [0.29, 0.717) is 0 Å². The van der Waals surface area contributed by atoms with E-state index in [9.17, 15) is 9.18 Å². The summed E-state index contributed by atoms with van der Waals surface area (Å²) in [6.45, 7) is 0. The Hall–Kier alpha value is -1.52. The molecule has 0 bridgehead atoms. The van der Waals surface area contributed by atoms with Crippen LogP contribution in [0, 0.1) is 5.82 Å². The monoisotopic (exact) mass is 194 g/mol. The van der Waals surface area contributed by atoms with Crippen molar-refractivity contribution >= 4 is 19.3 Å². The SMILES string of the molecule is [B]c1cc(C(=O)OC)cc(OC)c1F. The van der Waals surface area contributed by atoms with Gasteiger partial charge in [0.2, 0.25) is 0 Å². The molecule has 0 unspecified atom stereocenters. The molecular formula is C9H8BFO3. The molecule has 0 saturated heterocycles. The summed E-state index contributed by atoms with van der Waals surface area (Å²) in [7, 11) is 7.85. The summed E-state index contributed by atoms with van der Waals surface area (Å²) in [5.41, 5.74) is 0.00741. The molecule has 1 rings (SSSR count). The third-order valence-corrected chi connectivity index (χ3v) is 1.71. The van der Waals surface area contributed by atoms with E-state index in [2.05, 4.69) is 4.74 Å². The molecule has 0 saturated carbocycles. The first-order valence-corrected chi connectivity index (χ1v) is 3.81. The molecule has 0 aliphatic rings. The van der Waals surface area contributed by atoms with Crippen LogP contribution in [0.25, 0.3) is 0 Å². The number of benzene rings is 1. The molecule has 0 N–H and O–H groups in total. The van der Waals surface area contributed by atoms with Crippen molar-refractivity contribution in [2.75, 3.05) is 14.2 Å². The van der Waals surface area contributed by atoms with Crippen LogP contribution in [0.1, 0.15) is 10.4 Å². The number of ether oxygens (including phenoxy) is 2. The highest BCUT2D eigenvalue weighted by Gasteiger charge is 2.12. The first kappa shape index (κ1) is 10.6. The van der Waals surface area contributed by atoms with Gasteiger partial charge in [-0.1, -0.05) is 11.5 Å². The van der Waals surface area contributed by atoms with E-state index in [0.717, 1.165) is 0 Å². The van der Waals surface area contributed by atoms with Gasteiger partial charge in [0.15, 0.2) is 11.6 Å². The lowest BCUT2D eigenvalue weighted by atomic mass is 9.93. The zero-order valence-corrected chi connectivity index (χ0v) is 7.83. The maximum atomic E-state index is 13.1. The van der Waals surface area contributed by atoms with Gasteiger partial charge in [0.25, 0.3) is 0 Å². The van der Waals surface area contributed by atoms with Crippen LogP contribution in [0.4, 0.5) is 4.39 Å². The summed E-state index contributed by atoms with van der Waals surface area (Å²) in [6.07, 6.45) is 0. The van der Waals surface area contributed by atoms with Crippen molar-refractivity contribution in [1.29, 1.82) is 0 Å². The largest absolute Gasteiger partial charge is 0.494 e. The van der Waals surface area contributed by atoms with Crippen LogP contribution in [0.2, 0.25) is 0 Å². The molecule has 1 aromatic carbocycles. The van der Waals surface area contributed by atoms with Gasteiger partial charge < -0.3 is 9.47 Å². The molecule has 2 radical (unpaired) electrons. The minimum Gasteiger partial charge on any atom is -0.494 e. The average molecular weight is 194 g/mol. The Balaban J connectivity index is 3.22. The molecule has 0 aliphatic heterocycles. The van der Waals surface area contributed by atoms with Crippen molar-refractivity contribution in [2.24, 2.45) is 0 Å².